The Kier molecular flexibility index (Phi) is 6.01. The molecule has 0 N–H and O–H groups in total. The van der Waals surface area contributed by atoms with Crippen molar-refractivity contribution in [3.63, 3.8) is 0 Å². The highest BCUT2D eigenvalue weighted by molar-refractivity contribution is 14.1. The van der Waals surface area contributed by atoms with Crippen molar-refractivity contribution in [2.45, 2.75) is 12.1 Å². The van der Waals surface area contributed by atoms with Crippen molar-refractivity contribution < 1.29 is 19.3 Å². The number of hydrogen-bond acceptors (Lipinski definition) is 7. The number of imide groups is 1. The number of nitro benzene ring substituents is 1. The number of non-ortho nitro benzene ring substituents is 1. The molecular weight excluding hydrogens is 605 g/mol. The minimum Gasteiger partial charge on any atom is -0.273 e. The molecule has 6 rings (SSSR count). The second kappa shape index (κ2) is 9.36. The van der Waals surface area contributed by atoms with Crippen LogP contribution in [0.25, 0.3) is 10.4 Å². The van der Waals surface area contributed by atoms with Gasteiger partial charge in [0.05, 0.1) is 16.3 Å². The fourth-order valence-electron chi connectivity index (χ4n) is 4.79. The normalized spacial score (nSPS) is 20.9. The van der Waals surface area contributed by atoms with Gasteiger partial charge in [-0.25, -0.2) is 9.96 Å². The highest BCUT2D eigenvalue weighted by Crippen LogP contribution is 2.50. The zero-order valence-corrected chi connectivity index (χ0v) is 22.0. The van der Waals surface area contributed by atoms with Gasteiger partial charge >= 0.3 is 0 Å². The first-order valence-electron chi connectivity index (χ1n) is 11.4. The lowest BCUT2D eigenvalue weighted by molar-refractivity contribution is -0.384. The molecule has 0 saturated carbocycles. The van der Waals surface area contributed by atoms with Crippen molar-refractivity contribution in [1.29, 1.82) is 0 Å². The van der Waals surface area contributed by atoms with E-state index in [-0.39, 0.29) is 17.5 Å². The third-order valence-electron chi connectivity index (χ3n) is 6.50. The number of carbonyl (C=O) groups is 2. The predicted molar refractivity (Wildman–Crippen MR) is 148 cm³/mol. The van der Waals surface area contributed by atoms with Gasteiger partial charge in [0.2, 0.25) is 5.91 Å². The fourth-order valence-corrected chi connectivity index (χ4v) is 6.56. The van der Waals surface area contributed by atoms with Crippen molar-refractivity contribution in [2.24, 2.45) is 5.92 Å². The third kappa shape index (κ3) is 4.01. The number of hydrogen-bond donors (Lipinski definition) is 0. The number of fused-ring (bicyclic) bond motifs is 1. The Labute approximate surface area is 229 Å². The molecule has 3 heterocycles. The summed E-state index contributed by atoms with van der Waals surface area (Å²) in [6, 6.07) is 26.4. The summed E-state index contributed by atoms with van der Waals surface area (Å²) in [5.41, 5.74) is 2.15. The first-order chi connectivity index (χ1) is 17.9. The molecule has 1 aromatic heterocycles. The molecule has 2 aliphatic heterocycles. The third-order valence-corrected chi connectivity index (χ3v) is 8.62. The van der Waals surface area contributed by atoms with E-state index in [1.165, 1.54) is 28.4 Å². The van der Waals surface area contributed by atoms with E-state index in [9.17, 15) is 19.7 Å². The minimum absolute atomic E-state index is 0.0218. The molecule has 3 atom stereocenters. The fraction of sp³-hybridized carbons (Fsp3) is 0.111. The minimum atomic E-state index is -0.946. The Morgan fingerprint density at radius 2 is 1.57 bits per heavy atom. The molecule has 37 heavy (non-hydrogen) atoms. The summed E-state index contributed by atoms with van der Waals surface area (Å²) < 4.78 is 0.801. The van der Waals surface area contributed by atoms with Gasteiger partial charge < -0.3 is 0 Å². The standard InChI is InChI=1S/C27H18IN3O5S/c28-19-8-4-5-9-20(19)29-26(32)23-24(30(36-25(23)27(29)33)17-6-2-1-3-7-17)22-15-14-21(37-22)16-10-12-18(13-11-16)31(34)35/h1-15,23-25H/t23-,24-,25+/m0/s1. The summed E-state index contributed by atoms with van der Waals surface area (Å²) in [7, 11) is 0. The number of hydroxylamine groups is 1. The highest BCUT2D eigenvalue weighted by atomic mass is 127. The van der Waals surface area contributed by atoms with Gasteiger partial charge in [0.25, 0.3) is 11.6 Å². The van der Waals surface area contributed by atoms with Crippen molar-refractivity contribution >= 4 is 62.8 Å². The van der Waals surface area contributed by atoms with Gasteiger partial charge in [0.1, 0.15) is 12.0 Å². The van der Waals surface area contributed by atoms with Crippen molar-refractivity contribution in [2.75, 3.05) is 9.96 Å². The van der Waals surface area contributed by atoms with Gasteiger partial charge in [0.15, 0.2) is 6.10 Å². The summed E-state index contributed by atoms with van der Waals surface area (Å²) in [5.74, 6) is -1.41. The van der Waals surface area contributed by atoms with Crippen LogP contribution in [0.2, 0.25) is 0 Å². The van der Waals surface area contributed by atoms with Gasteiger partial charge in [-0.15, -0.1) is 11.3 Å². The van der Waals surface area contributed by atoms with Crippen LogP contribution < -0.4 is 9.96 Å². The Hall–Kier alpha value is -3.61. The molecule has 8 nitrogen and oxygen atoms in total. The van der Waals surface area contributed by atoms with Crippen LogP contribution in [-0.2, 0) is 14.4 Å². The van der Waals surface area contributed by atoms with Crippen LogP contribution >= 0.6 is 33.9 Å². The lowest BCUT2D eigenvalue weighted by Crippen LogP contribution is -2.37. The molecule has 0 aliphatic carbocycles. The molecule has 0 unspecified atom stereocenters. The molecule has 0 radical (unpaired) electrons. The number of rotatable bonds is 5. The first-order valence-corrected chi connectivity index (χ1v) is 13.3. The van der Waals surface area contributed by atoms with Crippen LogP contribution in [0.3, 0.4) is 0 Å². The lowest BCUT2D eigenvalue weighted by Gasteiger charge is -2.28. The maximum atomic E-state index is 13.8. The Balaban J connectivity index is 1.40. The van der Waals surface area contributed by atoms with Crippen LogP contribution in [-0.4, -0.2) is 22.8 Å². The number of nitrogens with zero attached hydrogens (tertiary/aromatic N) is 3. The molecule has 184 valence electrons. The molecule has 2 amide bonds. The number of thiophene rings is 1. The molecule has 2 saturated heterocycles. The maximum Gasteiger partial charge on any atom is 0.269 e. The van der Waals surface area contributed by atoms with Crippen LogP contribution in [0.5, 0.6) is 0 Å². The quantitative estimate of drug-likeness (QED) is 0.118. The zero-order chi connectivity index (χ0) is 25.7. The average Bonchev–Trinajstić information content (AvgIpc) is 3.61. The van der Waals surface area contributed by atoms with E-state index in [1.54, 1.807) is 29.3 Å². The van der Waals surface area contributed by atoms with Gasteiger partial charge in [-0.05, 0) is 76.7 Å². The second-order valence-corrected chi connectivity index (χ2v) is 10.9. The number of benzene rings is 3. The average molecular weight is 623 g/mol. The molecule has 2 fully saturated rings. The van der Waals surface area contributed by atoms with Crippen LogP contribution in [0.4, 0.5) is 17.1 Å². The molecule has 3 aromatic carbocycles. The summed E-state index contributed by atoms with van der Waals surface area (Å²) in [6.45, 7) is 0. The maximum absolute atomic E-state index is 13.8. The Morgan fingerprint density at radius 1 is 0.865 bits per heavy atom. The van der Waals surface area contributed by atoms with Crippen LogP contribution in [0, 0.1) is 19.6 Å². The van der Waals surface area contributed by atoms with E-state index in [1.807, 2.05) is 54.6 Å². The lowest BCUT2D eigenvalue weighted by atomic mass is 9.95. The number of halogens is 1. The number of para-hydroxylation sites is 2. The summed E-state index contributed by atoms with van der Waals surface area (Å²) in [6.07, 6.45) is -0.946. The van der Waals surface area contributed by atoms with Crippen molar-refractivity contribution in [3.8, 4) is 10.4 Å². The predicted octanol–water partition coefficient (Wildman–Crippen LogP) is 5.98. The SMILES string of the molecule is O=C1[C@@H]2[C@@H](ON(c3ccccc3)[C@H]2c2ccc(-c3ccc([N+](=O)[O-])cc3)s2)C(=O)N1c1ccccc1I. The Bertz CT molecular complexity index is 1520. The largest absolute Gasteiger partial charge is 0.273 e. The number of amides is 2. The second-order valence-electron chi connectivity index (χ2n) is 8.63. The highest BCUT2D eigenvalue weighted by Gasteiger charge is 2.60. The van der Waals surface area contributed by atoms with E-state index < -0.39 is 23.0 Å². The molecule has 10 heteroatoms. The van der Waals surface area contributed by atoms with Gasteiger partial charge in [-0.2, -0.15) is 0 Å². The molecule has 4 aromatic rings. The summed E-state index contributed by atoms with van der Waals surface area (Å²) in [5, 5.41) is 12.7. The van der Waals surface area contributed by atoms with Crippen molar-refractivity contribution in [1.82, 2.24) is 0 Å². The van der Waals surface area contributed by atoms with E-state index in [0.29, 0.717) is 5.69 Å². The van der Waals surface area contributed by atoms with E-state index >= 15 is 0 Å². The summed E-state index contributed by atoms with van der Waals surface area (Å²) >= 11 is 3.60. The van der Waals surface area contributed by atoms with Gasteiger partial charge in [-0.3, -0.25) is 24.5 Å². The van der Waals surface area contributed by atoms with Gasteiger partial charge in [-0.1, -0.05) is 30.3 Å². The number of nitro groups is 1. The van der Waals surface area contributed by atoms with E-state index in [4.69, 9.17) is 4.84 Å². The van der Waals surface area contributed by atoms with Crippen LogP contribution in [0.15, 0.2) is 91.0 Å². The molecule has 0 bridgehead atoms. The number of carbonyl (C=O) groups excluding carboxylic acids is 2. The molecule has 2 aliphatic rings. The number of anilines is 2. The Morgan fingerprint density at radius 3 is 2.27 bits per heavy atom. The monoisotopic (exact) mass is 623 g/mol. The van der Waals surface area contributed by atoms with Gasteiger partial charge in [0, 0.05) is 25.5 Å². The topological polar surface area (TPSA) is 93.0 Å². The summed E-state index contributed by atoms with van der Waals surface area (Å²) in [4.78, 5) is 47.2. The van der Waals surface area contributed by atoms with E-state index in [0.717, 1.165) is 24.6 Å². The molecule has 0 spiro atoms. The zero-order valence-electron chi connectivity index (χ0n) is 19.1. The van der Waals surface area contributed by atoms with E-state index in [2.05, 4.69) is 22.6 Å². The smallest absolute Gasteiger partial charge is 0.269 e. The van der Waals surface area contributed by atoms with Crippen molar-refractivity contribution in [3.05, 3.63) is 110 Å². The van der Waals surface area contributed by atoms with Crippen LogP contribution in [0.1, 0.15) is 10.9 Å². The molecular formula is C27H18IN3O5S. The first kappa shape index (κ1) is 23.8.